The van der Waals surface area contributed by atoms with Gasteiger partial charge in [0.15, 0.2) is 0 Å². The van der Waals surface area contributed by atoms with Crippen LogP contribution < -0.4 is 9.62 Å². The van der Waals surface area contributed by atoms with Crippen molar-refractivity contribution in [1.82, 2.24) is 4.72 Å². The van der Waals surface area contributed by atoms with Gasteiger partial charge in [0, 0.05) is 25.2 Å². The molecule has 1 amide bonds. The number of nitrogens with one attached hydrogen (secondary N) is 1. The topological polar surface area (TPSA) is 66.5 Å². The molecule has 0 saturated carbocycles. The van der Waals surface area contributed by atoms with E-state index in [0.29, 0.717) is 19.5 Å². The van der Waals surface area contributed by atoms with Crippen molar-refractivity contribution in [2.75, 3.05) is 18.0 Å². The third-order valence-electron chi connectivity index (χ3n) is 3.85. The number of benzene rings is 1. The Morgan fingerprint density at radius 1 is 1.14 bits per heavy atom. The average molecular weight is 324 g/mol. The van der Waals surface area contributed by atoms with Crippen LogP contribution in [0.5, 0.6) is 0 Å². The number of carbonyl (C=O) groups is 1. The quantitative estimate of drug-likeness (QED) is 0.784. The summed E-state index contributed by atoms with van der Waals surface area (Å²) >= 11 is 0. The molecule has 1 aliphatic heterocycles. The Kier molecular flexibility index (Phi) is 5.97. The lowest BCUT2D eigenvalue weighted by atomic mass is 10.1. The van der Waals surface area contributed by atoms with E-state index in [0.717, 1.165) is 37.8 Å². The Morgan fingerprint density at radius 2 is 1.86 bits per heavy atom. The van der Waals surface area contributed by atoms with Gasteiger partial charge in [-0.3, -0.25) is 4.79 Å². The molecule has 1 N–H and O–H groups in total. The molecule has 0 aliphatic carbocycles. The predicted octanol–water partition coefficient (Wildman–Crippen LogP) is 2.67. The molecule has 1 aromatic carbocycles. The number of rotatable bonds is 7. The van der Waals surface area contributed by atoms with E-state index in [1.165, 1.54) is 0 Å². The molecule has 2 rings (SSSR count). The summed E-state index contributed by atoms with van der Waals surface area (Å²) in [5.41, 5.74) is 0.773. The third kappa shape index (κ3) is 4.30. The normalized spacial score (nSPS) is 16.0. The van der Waals surface area contributed by atoms with Crippen LogP contribution in [0.3, 0.4) is 0 Å². The highest BCUT2D eigenvalue weighted by Crippen LogP contribution is 2.22. The van der Waals surface area contributed by atoms with Gasteiger partial charge < -0.3 is 4.90 Å². The number of piperidine rings is 1. The van der Waals surface area contributed by atoms with Crippen molar-refractivity contribution in [3.63, 3.8) is 0 Å². The molecule has 0 atom stereocenters. The van der Waals surface area contributed by atoms with Crippen molar-refractivity contribution in [3.05, 3.63) is 24.3 Å². The van der Waals surface area contributed by atoms with Gasteiger partial charge in [-0.1, -0.05) is 19.8 Å². The first-order valence-corrected chi connectivity index (χ1v) is 9.43. The molecular formula is C16H24N2O3S. The van der Waals surface area contributed by atoms with Crippen LogP contribution in [0, 0.1) is 0 Å². The van der Waals surface area contributed by atoms with Gasteiger partial charge in [0.25, 0.3) is 0 Å². The van der Waals surface area contributed by atoms with Gasteiger partial charge >= 0.3 is 0 Å². The highest BCUT2D eigenvalue weighted by molar-refractivity contribution is 7.89. The predicted molar refractivity (Wildman–Crippen MR) is 87.4 cm³/mol. The van der Waals surface area contributed by atoms with E-state index >= 15 is 0 Å². The zero-order valence-corrected chi connectivity index (χ0v) is 13.9. The molecule has 1 heterocycles. The maximum atomic E-state index is 12.2. The number of amides is 1. The summed E-state index contributed by atoms with van der Waals surface area (Å²) in [6, 6.07) is 6.56. The Labute approximate surface area is 132 Å². The fourth-order valence-electron chi connectivity index (χ4n) is 2.55. The fourth-order valence-corrected chi connectivity index (χ4v) is 3.62. The number of hydrogen-bond acceptors (Lipinski definition) is 3. The smallest absolute Gasteiger partial charge is 0.240 e. The maximum absolute atomic E-state index is 12.2. The van der Waals surface area contributed by atoms with Crippen LogP contribution in [-0.4, -0.2) is 27.4 Å². The summed E-state index contributed by atoms with van der Waals surface area (Å²) in [6.45, 7) is 3.25. The largest absolute Gasteiger partial charge is 0.312 e. The number of sulfonamides is 1. The van der Waals surface area contributed by atoms with Gasteiger partial charge in [-0.15, -0.1) is 0 Å². The Morgan fingerprint density at radius 3 is 2.50 bits per heavy atom. The van der Waals surface area contributed by atoms with E-state index in [1.54, 1.807) is 29.2 Å². The van der Waals surface area contributed by atoms with E-state index in [1.807, 2.05) is 0 Å². The molecule has 6 heteroatoms. The highest BCUT2D eigenvalue weighted by Gasteiger charge is 2.20. The second kappa shape index (κ2) is 7.74. The Hall–Kier alpha value is -1.40. The number of nitrogens with zero attached hydrogens (tertiary/aromatic N) is 1. The van der Waals surface area contributed by atoms with Crippen LogP contribution in [0.2, 0.25) is 0 Å². The zero-order chi connectivity index (χ0) is 16.0. The summed E-state index contributed by atoms with van der Waals surface area (Å²) in [5, 5.41) is 0. The van der Waals surface area contributed by atoms with Crippen molar-refractivity contribution in [3.8, 4) is 0 Å². The van der Waals surface area contributed by atoms with Crippen LogP contribution >= 0.6 is 0 Å². The molecule has 1 aliphatic rings. The second-order valence-corrected chi connectivity index (χ2v) is 7.37. The second-order valence-electron chi connectivity index (χ2n) is 5.60. The molecule has 0 aromatic heterocycles. The molecule has 22 heavy (non-hydrogen) atoms. The average Bonchev–Trinajstić information content (AvgIpc) is 2.52. The first-order valence-electron chi connectivity index (χ1n) is 7.94. The molecule has 0 radical (unpaired) electrons. The number of unbranched alkanes of at least 4 members (excludes halogenated alkanes) is 2. The highest BCUT2D eigenvalue weighted by atomic mass is 32.2. The molecule has 5 nitrogen and oxygen atoms in total. The summed E-state index contributed by atoms with van der Waals surface area (Å²) < 4.78 is 26.9. The molecule has 1 aromatic rings. The molecule has 1 fully saturated rings. The van der Waals surface area contributed by atoms with Crippen molar-refractivity contribution >= 4 is 21.6 Å². The molecule has 0 spiro atoms. The summed E-state index contributed by atoms with van der Waals surface area (Å²) in [5.74, 6) is 0.111. The van der Waals surface area contributed by atoms with E-state index in [9.17, 15) is 13.2 Å². The van der Waals surface area contributed by atoms with Crippen LogP contribution in [0.15, 0.2) is 29.2 Å². The molecule has 0 unspecified atom stereocenters. The number of hydrogen-bond donors (Lipinski definition) is 1. The van der Waals surface area contributed by atoms with Crippen molar-refractivity contribution in [2.45, 2.75) is 50.3 Å². The lowest BCUT2D eigenvalue weighted by Crippen LogP contribution is -2.35. The molecule has 122 valence electrons. The maximum Gasteiger partial charge on any atom is 0.240 e. The summed E-state index contributed by atoms with van der Waals surface area (Å²) in [7, 11) is -3.46. The minimum atomic E-state index is -3.46. The van der Waals surface area contributed by atoms with Crippen molar-refractivity contribution in [2.24, 2.45) is 0 Å². The van der Waals surface area contributed by atoms with E-state index < -0.39 is 10.0 Å². The van der Waals surface area contributed by atoms with Crippen LogP contribution in [0.1, 0.15) is 45.4 Å². The minimum absolute atomic E-state index is 0.111. The van der Waals surface area contributed by atoms with Crippen molar-refractivity contribution < 1.29 is 13.2 Å². The lowest BCUT2D eigenvalue weighted by molar-refractivity contribution is -0.119. The van der Waals surface area contributed by atoms with Gasteiger partial charge in [0.1, 0.15) is 0 Å². The van der Waals surface area contributed by atoms with Crippen LogP contribution in [0.4, 0.5) is 5.69 Å². The zero-order valence-electron chi connectivity index (χ0n) is 13.0. The van der Waals surface area contributed by atoms with E-state index in [4.69, 9.17) is 0 Å². The summed E-state index contributed by atoms with van der Waals surface area (Å²) in [4.78, 5) is 13.9. The fraction of sp³-hybridized carbons (Fsp3) is 0.562. The van der Waals surface area contributed by atoms with E-state index in [-0.39, 0.29) is 10.8 Å². The number of anilines is 1. The summed E-state index contributed by atoms with van der Waals surface area (Å²) in [6.07, 6.45) is 5.40. The molecule has 0 bridgehead atoms. The van der Waals surface area contributed by atoms with Gasteiger partial charge in [0.2, 0.25) is 15.9 Å². The minimum Gasteiger partial charge on any atom is -0.312 e. The monoisotopic (exact) mass is 324 g/mol. The lowest BCUT2D eigenvalue weighted by Gasteiger charge is -2.26. The first kappa shape index (κ1) is 17.0. The van der Waals surface area contributed by atoms with Gasteiger partial charge in [-0.2, -0.15) is 0 Å². The van der Waals surface area contributed by atoms with Crippen LogP contribution in [-0.2, 0) is 14.8 Å². The molecular weight excluding hydrogens is 300 g/mol. The van der Waals surface area contributed by atoms with E-state index in [2.05, 4.69) is 11.6 Å². The molecule has 1 saturated heterocycles. The SMILES string of the molecule is CCCCCNS(=O)(=O)c1ccc(N2CCCCC2=O)cc1. The third-order valence-corrected chi connectivity index (χ3v) is 5.33. The standard InChI is InChI=1S/C16H24N2O3S/c1-2-3-5-12-17-22(20,21)15-10-8-14(9-11-15)18-13-6-4-7-16(18)19/h8-11,17H,2-7,12-13H2,1H3. The first-order chi connectivity index (χ1) is 10.5. The Bertz CT molecular complexity index is 596. The Balaban J connectivity index is 2.03. The van der Waals surface area contributed by atoms with Gasteiger partial charge in [-0.25, -0.2) is 13.1 Å². The van der Waals surface area contributed by atoms with Gasteiger partial charge in [0.05, 0.1) is 4.90 Å². The number of carbonyl (C=O) groups excluding carboxylic acids is 1. The van der Waals surface area contributed by atoms with Crippen LogP contribution in [0.25, 0.3) is 0 Å². The van der Waals surface area contributed by atoms with Gasteiger partial charge in [-0.05, 0) is 43.5 Å². The van der Waals surface area contributed by atoms with Crippen molar-refractivity contribution in [1.29, 1.82) is 0 Å².